The van der Waals surface area contributed by atoms with E-state index in [0.29, 0.717) is 0 Å². The van der Waals surface area contributed by atoms with Crippen LogP contribution in [0.1, 0.15) is 38.1 Å². The summed E-state index contributed by atoms with van der Waals surface area (Å²) in [6, 6.07) is 18.5. The molecule has 2 aliphatic heterocycles. The molecule has 5 rings (SSSR count). The van der Waals surface area contributed by atoms with Crippen LogP contribution >= 0.6 is 11.3 Å². The van der Waals surface area contributed by atoms with Gasteiger partial charge < -0.3 is 20.3 Å². The monoisotopic (exact) mass is 406 g/mol. The molecule has 1 amide bonds. The van der Waals surface area contributed by atoms with Crippen LogP contribution in [-0.4, -0.2) is 19.6 Å². The quantitative estimate of drug-likeness (QED) is 0.625. The minimum absolute atomic E-state index is 0.0237. The van der Waals surface area contributed by atoms with E-state index < -0.39 is 0 Å². The molecule has 6 heteroatoms. The molecule has 1 aromatic heterocycles. The van der Waals surface area contributed by atoms with E-state index in [2.05, 4.69) is 41.0 Å². The SMILES string of the molecule is COc1cccc([C@@H]2NC(=O)c3c(sc4c3CC[NH+](Cc3ccccc3)C4)N2)c1. The van der Waals surface area contributed by atoms with Crippen LogP contribution in [0.5, 0.6) is 5.75 Å². The lowest BCUT2D eigenvalue weighted by molar-refractivity contribution is -0.929. The van der Waals surface area contributed by atoms with Gasteiger partial charge in [0.15, 0.2) is 0 Å². The lowest BCUT2D eigenvalue weighted by atomic mass is 10.00. The minimum Gasteiger partial charge on any atom is -0.497 e. The van der Waals surface area contributed by atoms with Crippen LogP contribution in [0.3, 0.4) is 0 Å². The molecule has 0 saturated heterocycles. The molecule has 0 bridgehead atoms. The number of carbonyl (C=O) groups excluding carboxylic acids is 1. The Labute approximate surface area is 174 Å². The van der Waals surface area contributed by atoms with Crippen LogP contribution in [0.25, 0.3) is 0 Å². The van der Waals surface area contributed by atoms with Gasteiger partial charge in [0.1, 0.15) is 30.0 Å². The maximum absolute atomic E-state index is 12.9. The van der Waals surface area contributed by atoms with E-state index in [-0.39, 0.29) is 12.1 Å². The second-order valence-corrected chi connectivity index (χ2v) is 8.73. The van der Waals surface area contributed by atoms with Crippen molar-refractivity contribution in [1.29, 1.82) is 0 Å². The molecule has 3 N–H and O–H groups in total. The number of anilines is 1. The van der Waals surface area contributed by atoms with Gasteiger partial charge in [-0.05, 0) is 23.3 Å². The fraction of sp³-hybridized carbons (Fsp3) is 0.261. The third-order valence-corrected chi connectivity index (χ3v) is 6.90. The number of rotatable bonds is 4. The van der Waals surface area contributed by atoms with E-state index in [1.165, 1.54) is 16.0 Å². The largest absolute Gasteiger partial charge is 0.497 e. The number of ether oxygens (including phenoxy) is 1. The van der Waals surface area contributed by atoms with Crippen molar-refractivity contribution < 1.29 is 14.4 Å². The second-order valence-electron chi connectivity index (χ2n) is 7.62. The Morgan fingerprint density at radius 1 is 1.14 bits per heavy atom. The summed E-state index contributed by atoms with van der Waals surface area (Å²) in [7, 11) is 1.65. The van der Waals surface area contributed by atoms with Crippen molar-refractivity contribution >= 4 is 22.2 Å². The first-order valence-corrected chi connectivity index (χ1v) is 10.8. The second kappa shape index (κ2) is 7.54. The molecule has 148 valence electrons. The number of thiophene rings is 1. The van der Waals surface area contributed by atoms with Gasteiger partial charge in [0.25, 0.3) is 5.91 Å². The topological polar surface area (TPSA) is 54.8 Å². The molecule has 0 saturated carbocycles. The van der Waals surface area contributed by atoms with Gasteiger partial charge in [0, 0.05) is 12.0 Å². The molecule has 5 nitrogen and oxygen atoms in total. The number of benzene rings is 2. The van der Waals surface area contributed by atoms with Gasteiger partial charge in [0.2, 0.25) is 0 Å². The predicted molar refractivity (Wildman–Crippen MR) is 115 cm³/mol. The van der Waals surface area contributed by atoms with Crippen LogP contribution in [-0.2, 0) is 19.5 Å². The Balaban J connectivity index is 1.38. The standard InChI is InChI=1S/C23H23N3O2S/c1-28-17-9-5-8-16(12-17)21-24-22(27)20-18-10-11-26(13-15-6-3-2-4-7-15)14-19(18)29-23(20)25-21/h2-9,12,21,25H,10-11,13-14H2,1H3,(H,24,27)/p+1/t21-/m1/s1. The van der Waals surface area contributed by atoms with E-state index in [1.807, 2.05) is 24.3 Å². The number of hydrogen-bond donors (Lipinski definition) is 3. The molecule has 2 aromatic carbocycles. The van der Waals surface area contributed by atoms with Gasteiger partial charge >= 0.3 is 0 Å². The van der Waals surface area contributed by atoms with Crippen LogP contribution in [0.15, 0.2) is 54.6 Å². The minimum atomic E-state index is -0.238. The lowest BCUT2D eigenvalue weighted by Crippen LogP contribution is -3.10. The van der Waals surface area contributed by atoms with Crippen molar-refractivity contribution in [3.63, 3.8) is 0 Å². The zero-order valence-electron chi connectivity index (χ0n) is 16.3. The van der Waals surface area contributed by atoms with Crippen molar-refractivity contribution in [2.75, 3.05) is 19.0 Å². The number of fused-ring (bicyclic) bond motifs is 3. The summed E-state index contributed by atoms with van der Waals surface area (Å²) >= 11 is 1.74. The first-order chi connectivity index (χ1) is 14.2. The van der Waals surface area contributed by atoms with Crippen LogP contribution in [0.2, 0.25) is 0 Å². The Morgan fingerprint density at radius 3 is 2.83 bits per heavy atom. The molecular formula is C23H24N3O2S+. The van der Waals surface area contributed by atoms with Gasteiger partial charge in [-0.3, -0.25) is 4.79 Å². The van der Waals surface area contributed by atoms with Crippen molar-refractivity contribution in [3.8, 4) is 5.75 Å². The number of hydrogen-bond acceptors (Lipinski definition) is 4. The van der Waals surface area contributed by atoms with Crippen molar-refractivity contribution in [3.05, 3.63) is 81.7 Å². The first-order valence-electron chi connectivity index (χ1n) is 9.94. The predicted octanol–water partition coefficient (Wildman–Crippen LogP) is 2.75. The van der Waals surface area contributed by atoms with Crippen molar-refractivity contribution in [2.24, 2.45) is 0 Å². The summed E-state index contributed by atoms with van der Waals surface area (Å²) in [5.41, 5.74) is 4.44. The normalized spacial score (nSPS) is 20.2. The summed E-state index contributed by atoms with van der Waals surface area (Å²) in [6.07, 6.45) is 0.709. The van der Waals surface area contributed by atoms with Crippen molar-refractivity contribution in [1.82, 2.24) is 5.32 Å². The molecule has 0 spiro atoms. The molecular weight excluding hydrogens is 382 g/mol. The van der Waals surface area contributed by atoms with E-state index >= 15 is 0 Å². The molecule has 3 heterocycles. The van der Waals surface area contributed by atoms with Gasteiger partial charge in [-0.2, -0.15) is 0 Å². The molecule has 3 aromatic rings. The molecule has 0 aliphatic carbocycles. The van der Waals surface area contributed by atoms with Crippen LogP contribution < -0.4 is 20.3 Å². The third kappa shape index (κ3) is 3.50. The third-order valence-electron chi connectivity index (χ3n) is 5.73. The van der Waals surface area contributed by atoms with Crippen LogP contribution in [0, 0.1) is 0 Å². The van der Waals surface area contributed by atoms with E-state index in [1.54, 1.807) is 23.3 Å². The molecule has 0 radical (unpaired) electrons. The lowest BCUT2D eigenvalue weighted by Gasteiger charge is -2.27. The van der Waals surface area contributed by atoms with Gasteiger partial charge in [-0.25, -0.2) is 0 Å². The Kier molecular flexibility index (Phi) is 4.73. The average Bonchev–Trinajstić information content (AvgIpc) is 3.12. The highest BCUT2D eigenvalue weighted by Gasteiger charge is 2.34. The van der Waals surface area contributed by atoms with Gasteiger partial charge in [-0.15, -0.1) is 11.3 Å². The van der Waals surface area contributed by atoms with Crippen LogP contribution in [0.4, 0.5) is 5.00 Å². The molecule has 2 aliphatic rings. The van der Waals surface area contributed by atoms with Gasteiger partial charge in [0.05, 0.1) is 24.1 Å². The zero-order valence-corrected chi connectivity index (χ0v) is 17.1. The fourth-order valence-electron chi connectivity index (χ4n) is 4.27. The molecule has 1 unspecified atom stereocenters. The highest BCUT2D eigenvalue weighted by atomic mass is 32.1. The number of amides is 1. The van der Waals surface area contributed by atoms with E-state index in [0.717, 1.165) is 47.9 Å². The summed E-state index contributed by atoms with van der Waals surface area (Å²) in [5.74, 6) is 0.811. The van der Waals surface area contributed by atoms with E-state index in [9.17, 15) is 4.79 Å². The molecule has 2 atom stereocenters. The maximum atomic E-state index is 12.9. The van der Waals surface area contributed by atoms with E-state index in [4.69, 9.17) is 4.74 Å². The number of quaternary nitrogens is 1. The number of methoxy groups -OCH3 is 1. The smallest absolute Gasteiger partial charge is 0.256 e. The summed E-state index contributed by atoms with van der Waals surface area (Å²) in [5, 5.41) is 7.65. The summed E-state index contributed by atoms with van der Waals surface area (Å²) in [4.78, 5) is 15.8. The Morgan fingerprint density at radius 2 is 2.00 bits per heavy atom. The molecule has 0 fully saturated rings. The summed E-state index contributed by atoms with van der Waals surface area (Å²) in [6.45, 7) is 3.05. The fourth-order valence-corrected chi connectivity index (χ4v) is 5.62. The Bertz CT molecular complexity index is 1050. The highest BCUT2D eigenvalue weighted by molar-refractivity contribution is 7.16. The molecule has 29 heavy (non-hydrogen) atoms. The van der Waals surface area contributed by atoms with Gasteiger partial charge in [-0.1, -0.05) is 42.5 Å². The first kappa shape index (κ1) is 18.2. The zero-order chi connectivity index (χ0) is 19.8. The Hall–Kier alpha value is -2.83. The summed E-state index contributed by atoms with van der Waals surface area (Å²) < 4.78 is 5.33. The maximum Gasteiger partial charge on any atom is 0.256 e. The van der Waals surface area contributed by atoms with Crippen molar-refractivity contribution in [2.45, 2.75) is 25.7 Å². The average molecular weight is 407 g/mol. The number of carbonyl (C=O) groups is 1. The number of nitrogens with one attached hydrogen (secondary N) is 3. The highest BCUT2D eigenvalue weighted by Crippen LogP contribution is 2.39.